The number of halogens is 1. The van der Waals surface area contributed by atoms with Gasteiger partial charge in [-0.05, 0) is 48.0 Å². The Bertz CT molecular complexity index is 1230. The van der Waals surface area contributed by atoms with Gasteiger partial charge in [0.25, 0.3) is 5.91 Å². The monoisotopic (exact) mass is 433 g/mol. The topological polar surface area (TPSA) is 77.7 Å². The van der Waals surface area contributed by atoms with E-state index in [1.54, 1.807) is 67.9 Å². The van der Waals surface area contributed by atoms with Crippen LogP contribution in [0.25, 0.3) is 11.3 Å². The van der Waals surface area contributed by atoms with Gasteiger partial charge in [0.1, 0.15) is 11.6 Å². The summed E-state index contributed by atoms with van der Waals surface area (Å²) in [7, 11) is 3.09. The van der Waals surface area contributed by atoms with Gasteiger partial charge in [-0.3, -0.25) is 9.69 Å². The number of benzene rings is 2. The quantitative estimate of drug-likeness (QED) is 0.419. The van der Waals surface area contributed by atoms with E-state index in [9.17, 15) is 9.18 Å². The first-order valence-corrected chi connectivity index (χ1v) is 9.75. The van der Waals surface area contributed by atoms with Gasteiger partial charge in [-0.2, -0.15) is 0 Å². The average molecular weight is 433 g/mol. The summed E-state index contributed by atoms with van der Waals surface area (Å²) in [6.07, 6.45) is 1.58. The van der Waals surface area contributed by atoms with Gasteiger partial charge in [0.2, 0.25) is 0 Å². The molecule has 2 heterocycles. The Morgan fingerprint density at radius 1 is 1.00 bits per heavy atom. The van der Waals surface area contributed by atoms with Crippen LogP contribution < -0.4 is 14.4 Å². The molecule has 2 aromatic heterocycles. The predicted octanol–water partition coefficient (Wildman–Crippen LogP) is 4.74. The van der Waals surface area contributed by atoms with Crippen LogP contribution in [0.15, 0.2) is 77.4 Å². The van der Waals surface area contributed by atoms with Crippen LogP contribution in [-0.2, 0) is 6.54 Å². The van der Waals surface area contributed by atoms with Crippen LogP contribution in [0, 0.1) is 5.82 Å². The Morgan fingerprint density at radius 3 is 2.56 bits per heavy atom. The first-order chi connectivity index (χ1) is 15.6. The van der Waals surface area contributed by atoms with Crippen LogP contribution in [-0.4, -0.2) is 30.3 Å². The van der Waals surface area contributed by atoms with Crippen molar-refractivity contribution in [3.8, 4) is 22.8 Å². The van der Waals surface area contributed by atoms with Gasteiger partial charge < -0.3 is 14.0 Å². The Balaban J connectivity index is 1.65. The summed E-state index contributed by atoms with van der Waals surface area (Å²) in [6.45, 7) is 0.117. The molecule has 0 N–H and O–H groups in total. The molecule has 0 unspecified atom stereocenters. The molecule has 0 bridgehead atoms. The molecule has 0 spiro atoms. The Kier molecular flexibility index (Phi) is 6.12. The van der Waals surface area contributed by atoms with Crippen molar-refractivity contribution in [2.45, 2.75) is 6.54 Å². The number of carbonyl (C=O) groups excluding carboxylic acids is 1. The summed E-state index contributed by atoms with van der Waals surface area (Å²) in [5.74, 6) is 1.09. The van der Waals surface area contributed by atoms with Crippen molar-refractivity contribution in [1.82, 2.24) is 10.1 Å². The fraction of sp³-hybridized carbons (Fsp3) is 0.125. The number of hydrogen-bond acceptors (Lipinski definition) is 6. The highest BCUT2D eigenvalue weighted by Gasteiger charge is 2.23. The molecule has 32 heavy (non-hydrogen) atoms. The molecule has 0 aliphatic rings. The lowest BCUT2D eigenvalue weighted by Crippen LogP contribution is -2.31. The molecular weight excluding hydrogens is 413 g/mol. The summed E-state index contributed by atoms with van der Waals surface area (Å²) in [6, 6.07) is 18.1. The van der Waals surface area contributed by atoms with Crippen LogP contribution >= 0.6 is 0 Å². The predicted molar refractivity (Wildman–Crippen MR) is 116 cm³/mol. The van der Waals surface area contributed by atoms with E-state index < -0.39 is 5.91 Å². The van der Waals surface area contributed by atoms with Crippen LogP contribution in [0.2, 0.25) is 0 Å². The zero-order valence-electron chi connectivity index (χ0n) is 17.5. The van der Waals surface area contributed by atoms with E-state index in [-0.39, 0.29) is 18.1 Å². The second-order valence-electron chi connectivity index (χ2n) is 6.86. The lowest BCUT2D eigenvalue weighted by atomic mass is 10.1. The summed E-state index contributed by atoms with van der Waals surface area (Å²) >= 11 is 0. The number of ether oxygens (including phenoxy) is 2. The molecule has 0 fully saturated rings. The van der Waals surface area contributed by atoms with E-state index in [1.165, 1.54) is 24.1 Å². The van der Waals surface area contributed by atoms with E-state index >= 15 is 0 Å². The minimum absolute atomic E-state index is 0.0943. The number of amides is 1. The van der Waals surface area contributed by atoms with Crippen LogP contribution in [0.4, 0.5) is 10.2 Å². The van der Waals surface area contributed by atoms with E-state index in [0.717, 1.165) is 0 Å². The van der Waals surface area contributed by atoms with Crippen molar-refractivity contribution >= 4 is 11.7 Å². The maximum atomic E-state index is 13.7. The van der Waals surface area contributed by atoms with Gasteiger partial charge in [-0.1, -0.05) is 23.4 Å². The molecule has 1 amide bonds. The number of aromatic nitrogens is 2. The van der Waals surface area contributed by atoms with Crippen molar-refractivity contribution in [2.75, 3.05) is 19.1 Å². The Hall–Kier alpha value is -4.20. The van der Waals surface area contributed by atoms with Gasteiger partial charge in [0, 0.05) is 17.8 Å². The Morgan fingerprint density at radius 2 is 1.84 bits per heavy atom. The van der Waals surface area contributed by atoms with Crippen molar-refractivity contribution in [3.63, 3.8) is 0 Å². The number of methoxy groups -OCH3 is 2. The molecule has 0 aliphatic carbocycles. The highest BCUT2D eigenvalue weighted by atomic mass is 19.1. The molecule has 2 aromatic carbocycles. The van der Waals surface area contributed by atoms with Crippen molar-refractivity contribution in [3.05, 3.63) is 90.0 Å². The second kappa shape index (κ2) is 9.30. The van der Waals surface area contributed by atoms with Crippen molar-refractivity contribution < 1.29 is 23.2 Å². The van der Waals surface area contributed by atoms with Crippen molar-refractivity contribution in [1.29, 1.82) is 0 Å². The van der Waals surface area contributed by atoms with Crippen molar-refractivity contribution in [2.24, 2.45) is 0 Å². The molecule has 0 radical (unpaired) electrons. The maximum absolute atomic E-state index is 13.7. The first-order valence-electron chi connectivity index (χ1n) is 9.75. The second-order valence-corrected chi connectivity index (χ2v) is 6.86. The number of pyridine rings is 1. The lowest BCUT2D eigenvalue weighted by molar-refractivity contribution is 0.0975. The highest BCUT2D eigenvalue weighted by molar-refractivity contribution is 6.04. The Labute approximate surface area is 184 Å². The summed E-state index contributed by atoms with van der Waals surface area (Å²) < 4.78 is 29.7. The molecular formula is C24H20FN3O4. The van der Waals surface area contributed by atoms with E-state index in [1.807, 2.05) is 0 Å². The smallest absolute Gasteiger partial charge is 0.281 e. The third-order valence-corrected chi connectivity index (χ3v) is 4.80. The zero-order valence-corrected chi connectivity index (χ0v) is 17.5. The summed E-state index contributed by atoms with van der Waals surface area (Å²) in [5.41, 5.74) is 1.38. The van der Waals surface area contributed by atoms with E-state index in [4.69, 9.17) is 14.0 Å². The number of hydrogen-bond donors (Lipinski definition) is 0. The normalized spacial score (nSPS) is 10.6. The van der Waals surface area contributed by atoms with Gasteiger partial charge in [-0.15, -0.1) is 0 Å². The average Bonchev–Trinajstić information content (AvgIpc) is 3.32. The SMILES string of the molecule is COc1ccc(-c2cc(C(=O)N(Cc3cccc(F)c3)c3ccccn3)no2)cc1OC. The fourth-order valence-electron chi connectivity index (χ4n) is 3.23. The maximum Gasteiger partial charge on any atom is 0.281 e. The number of carbonyl (C=O) groups is 1. The molecule has 4 rings (SSSR count). The molecule has 0 saturated carbocycles. The molecule has 0 saturated heterocycles. The largest absolute Gasteiger partial charge is 0.493 e. The zero-order chi connectivity index (χ0) is 22.5. The van der Waals surface area contributed by atoms with E-state index in [2.05, 4.69) is 10.1 Å². The minimum atomic E-state index is -0.427. The highest BCUT2D eigenvalue weighted by Crippen LogP contribution is 2.32. The third kappa shape index (κ3) is 4.44. The third-order valence-electron chi connectivity index (χ3n) is 4.80. The molecule has 7 nitrogen and oxygen atoms in total. The van der Waals surface area contributed by atoms with Gasteiger partial charge in [0.15, 0.2) is 23.0 Å². The number of nitrogens with zero attached hydrogens (tertiary/aromatic N) is 3. The molecule has 4 aromatic rings. The fourth-order valence-corrected chi connectivity index (χ4v) is 3.23. The summed E-state index contributed by atoms with van der Waals surface area (Å²) in [5, 5.41) is 3.96. The van der Waals surface area contributed by atoms with E-state index in [0.29, 0.717) is 34.2 Å². The van der Waals surface area contributed by atoms with Crippen LogP contribution in [0.5, 0.6) is 11.5 Å². The van der Waals surface area contributed by atoms with Crippen LogP contribution in [0.3, 0.4) is 0 Å². The molecule has 162 valence electrons. The molecule has 8 heteroatoms. The molecule has 0 atom stereocenters. The minimum Gasteiger partial charge on any atom is -0.493 e. The molecule has 0 aliphatic heterocycles. The first kappa shape index (κ1) is 21.0. The van der Waals surface area contributed by atoms with Crippen LogP contribution in [0.1, 0.15) is 16.1 Å². The standard InChI is InChI=1S/C24H20FN3O4/c1-30-20-10-9-17(13-22(20)31-2)21-14-19(27-32-21)24(29)28(23-8-3-4-11-26-23)15-16-6-5-7-18(25)12-16/h3-14H,15H2,1-2H3. The van der Waals surface area contributed by atoms with Gasteiger partial charge >= 0.3 is 0 Å². The van der Waals surface area contributed by atoms with Gasteiger partial charge in [0.05, 0.1) is 20.8 Å². The van der Waals surface area contributed by atoms with Gasteiger partial charge in [-0.25, -0.2) is 9.37 Å². The number of anilines is 1. The summed E-state index contributed by atoms with van der Waals surface area (Å²) in [4.78, 5) is 19.0. The lowest BCUT2D eigenvalue weighted by Gasteiger charge is -2.20. The number of rotatable bonds is 7.